The highest BCUT2D eigenvalue weighted by molar-refractivity contribution is 8.00. The average Bonchev–Trinajstić information content (AvgIpc) is 2.52. The van der Waals surface area contributed by atoms with Crippen LogP contribution in [-0.4, -0.2) is 39.5 Å². The van der Waals surface area contributed by atoms with Crippen molar-refractivity contribution < 1.29 is 14.4 Å². The maximum atomic E-state index is 12.2. The second kappa shape index (κ2) is 5.27. The van der Waals surface area contributed by atoms with Gasteiger partial charge < -0.3 is 0 Å². The van der Waals surface area contributed by atoms with Crippen LogP contribution in [0.5, 0.6) is 0 Å². The molecule has 1 fully saturated rings. The summed E-state index contributed by atoms with van der Waals surface area (Å²) in [5.74, 6) is -0.184. The van der Waals surface area contributed by atoms with Crippen LogP contribution in [0.2, 0.25) is 0 Å². The summed E-state index contributed by atoms with van der Waals surface area (Å²) in [6, 6.07) is 0. The lowest BCUT2D eigenvalue weighted by Crippen LogP contribution is -2.51. The van der Waals surface area contributed by atoms with Crippen LogP contribution in [0.15, 0.2) is 0 Å². The largest absolute Gasteiger partial charge is 0.299 e. The number of amides is 2. The van der Waals surface area contributed by atoms with Gasteiger partial charge in [-0.2, -0.15) is 11.8 Å². The molecule has 0 aromatic rings. The first-order valence-corrected chi connectivity index (χ1v) is 7.72. The van der Waals surface area contributed by atoms with Crippen LogP contribution in [0.25, 0.3) is 0 Å². The molecule has 0 radical (unpaired) electrons. The van der Waals surface area contributed by atoms with E-state index >= 15 is 0 Å². The maximum Gasteiger partial charge on any atom is 0.243 e. The van der Waals surface area contributed by atoms with Crippen molar-refractivity contribution in [2.24, 2.45) is 5.41 Å². The Hall–Kier alpha value is -0.840. The summed E-state index contributed by atoms with van der Waals surface area (Å²) in [7, 11) is 0. The summed E-state index contributed by atoms with van der Waals surface area (Å²) >= 11 is 1.41. The number of likely N-dealkylation sites (tertiary alicyclic amines) is 1. The van der Waals surface area contributed by atoms with E-state index in [1.165, 1.54) is 16.7 Å². The Morgan fingerprint density at radius 3 is 2.21 bits per heavy atom. The zero-order valence-corrected chi connectivity index (χ0v) is 13.4. The van der Waals surface area contributed by atoms with Gasteiger partial charge in [0.25, 0.3) is 0 Å². The molecule has 2 amide bonds. The Morgan fingerprint density at radius 2 is 1.84 bits per heavy atom. The number of hydrogen-bond acceptors (Lipinski definition) is 4. The molecule has 1 aliphatic heterocycles. The zero-order chi connectivity index (χ0) is 15.0. The molecule has 0 aromatic heterocycles. The van der Waals surface area contributed by atoms with Crippen LogP contribution in [0, 0.1) is 5.41 Å². The molecule has 19 heavy (non-hydrogen) atoms. The number of rotatable bonds is 5. The molecule has 0 spiro atoms. The quantitative estimate of drug-likeness (QED) is 0.727. The molecular weight excluding hydrogens is 262 g/mol. The molecule has 1 heterocycles. The van der Waals surface area contributed by atoms with Crippen molar-refractivity contribution in [3.05, 3.63) is 0 Å². The van der Waals surface area contributed by atoms with E-state index in [4.69, 9.17) is 0 Å². The fourth-order valence-electron chi connectivity index (χ4n) is 2.71. The van der Waals surface area contributed by atoms with Gasteiger partial charge >= 0.3 is 0 Å². The van der Waals surface area contributed by atoms with Crippen molar-refractivity contribution in [2.75, 3.05) is 6.26 Å². The van der Waals surface area contributed by atoms with Crippen LogP contribution in [0.1, 0.15) is 47.5 Å². The van der Waals surface area contributed by atoms with E-state index < -0.39 is 11.0 Å². The number of carbonyl (C=O) groups excluding carboxylic acids is 3. The van der Waals surface area contributed by atoms with Gasteiger partial charge in [0.2, 0.25) is 11.8 Å². The summed E-state index contributed by atoms with van der Waals surface area (Å²) < 4.78 is 0. The van der Waals surface area contributed by atoms with Gasteiger partial charge in [-0.25, -0.2) is 0 Å². The van der Waals surface area contributed by atoms with E-state index in [1.54, 1.807) is 6.92 Å². The molecule has 0 aromatic carbocycles. The van der Waals surface area contributed by atoms with Gasteiger partial charge in [-0.05, 0) is 33.4 Å². The summed E-state index contributed by atoms with van der Waals surface area (Å²) in [5.41, 5.74) is -1.17. The molecule has 4 nitrogen and oxygen atoms in total. The first kappa shape index (κ1) is 16.2. The highest BCUT2D eigenvalue weighted by atomic mass is 32.2. The lowest BCUT2D eigenvalue weighted by Gasteiger charge is -2.39. The average molecular weight is 285 g/mol. The molecule has 5 heteroatoms. The number of carbonyl (C=O) groups is 3. The normalized spacial score (nSPS) is 21.2. The number of Topliss-reactive ketones (excluding diaryl/α,β-unsaturated/α-hetero) is 1. The Morgan fingerprint density at radius 1 is 1.32 bits per heavy atom. The van der Waals surface area contributed by atoms with Crippen molar-refractivity contribution in [3.8, 4) is 0 Å². The Bertz CT molecular complexity index is 415. The topological polar surface area (TPSA) is 54.5 Å². The van der Waals surface area contributed by atoms with E-state index in [0.717, 1.165) is 0 Å². The number of imide groups is 1. The second-order valence-corrected chi connectivity index (χ2v) is 7.47. The summed E-state index contributed by atoms with van der Waals surface area (Å²) in [6.45, 7) is 8.98. The third-order valence-electron chi connectivity index (χ3n) is 3.82. The van der Waals surface area contributed by atoms with E-state index in [-0.39, 0.29) is 29.3 Å². The van der Waals surface area contributed by atoms with E-state index in [0.29, 0.717) is 6.42 Å². The third-order valence-corrected chi connectivity index (χ3v) is 4.76. The Kier molecular flexibility index (Phi) is 4.50. The van der Waals surface area contributed by atoms with Crippen molar-refractivity contribution in [3.63, 3.8) is 0 Å². The molecule has 1 saturated heterocycles. The van der Waals surface area contributed by atoms with Crippen molar-refractivity contribution in [2.45, 2.75) is 58.2 Å². The fourth-order valence-corrected chi connectivity index (χ4v) is 3.33. The van der Waals surface area contributed by atoms with Crippen LogP contribution in [0.3, 0.4) is 0 Å². The predicted molar refractivity (Wildman–Crippen MR) is 76.9 cm³/mol. The van der Waals surface area contributed by atoms with Gasteiger partial charge in [0, 0.05) is 17.4 Å². The molecular formula is C14H23NO3S. The predicted octanol–water partition coefficient (Wildman–Crippen LogP) is 2.26. The number of hydrogen-bond donors (Lipinski definition) is 0. The van der Waals surface area contributed by atoms with E-state index in [2.05, 4.69) is 0 Å². The summed E-state index contributed by atoms with van der Waals surface area (Å²) in [4.78, 5) is 37.3. The third kappa shape index (κ3) is 3.19. The summed E-state index contributed by atoms with van der Waals surface area (Å²) in [5, 5.41) is -0.271. The monoisotopic (exact) mass is 285 g/mol. The van der Waals surface area contributed by atoms with Gasteiger partial charge in [-0.1, -0.05) is 13.8 Å². The number of ketones is 1. The Balaban J connectivity index is 2.98. The highest BCUT2D eigenvalue weighted by Crippen LogP contribution is 2.37. The van der Waals surface area contributed by atoms with Gasteiger partial charge in [-0.3, -0.25) is 19.3 Å². The molecule has 1 unspecified atom stereocenters. The zero-order valence-electron chi connectivity index (χ0n) is 12.6. The van der Waals surface area contributed by atoms with Crippen molar-refractivity contribution in [1.29, 1.82) is 0 Å². The molecule has 1 aliphatic rings. The van der Waals surface area contributed by atoms with Crippen LogP contribution in [-0.2, 0) is 14.4 Å². The van der Waals surface area contributed by atoms with Gasteiger partial charge in [0.1, 0.15) is 5.78 Å². The molecule has 0 N–H and O–H groups in total. The van der Waals surface area contributed by atoms with E-state index in [1.807, 2.05) is 34.0 Å². The molecule has 0 saturated carbocycles. The maximum absolute atomic E-state index is 12.2. The fraction of sp³-hybridized carbons (Fsp3) is 0.786. The lowest BCUT2D eigenvalue weighted by molar-refractivity contribution is -0.147. The molecule has 1 rings (SSSR count). The van der Waals surface area contributed by atoms with Gasteiger partial charge in [0.05, 0.1) is 5.25 Å². The molecule has 1 atom stereocenters. The van der Waals surface area contributed by atoms with Gasteiger partial charge in [0.15, 0.2) is 0 Å². The highest BCUT2D eigenvalue weighted by Gasteiger charge is 2.47. The Labute approximate surface area is 119 Å². The molecule has 0 aliphatic carbocycles. The minimum absolute atomic E-state index is 0.0705. The van der Waals surface area contributed by atoms with Gasteiger partial charge in [-0.15, -0.1) is 0 Å². The number of thioether (sulfide) groups is 1. The smallest absolute Gasteiger partial charge is 0.243 e. The lowest BCUT2D eigenvalue weighted by atomic mass is 9.77. The van der Waals surface area contributed by atoms with Crippen molar-refractivity contribution >= 4 is 29.4 Å². The second-order valence-electron chi connectivity index (χ2n) is 6.43. The minimum atomic E-state index is -0.631. The standard InChI is InChI=1S/C14H23NO3S/c1-9(16)13(2,3)8-14(4,5)15-11(17)7-10(19-6)12(15)18/h10H,7-8H2,1-6H3. The van der Waals surface area contributed by atoms with Crippen molar-refractivity contribution in [1.82, 2.24) is 4.90 Å². The first-order chi connectivity index (χ1) is 8.53. The number of nitrogens with zero attached hydrogens (tertiary/aromatic N) is 1. The minimum Gasteiger partial charge on any atom is -0.299 e. The first-order valence-electron chi connectivity index (χ1n) is 6.43. The van der Waals surface area contributed by atoms with Crippen LogP contribution < -0.4 is 0 Å². The molecule has 0 bridgehead atoms. The van der Waals surface area contributed by atoms with Crippen LogP contribution >= 0.6 is 11.8 Å². The van der Waals surface area contributed by atoms with Crippen LogP contribution in [0.4, 0.5) is 0 Å². The summed E-state index contributed by atoms with van der Waals surface area (Å²) in [6.07, 6.45) is 2.59. The van der Waals surface area contributed by atoms with E-state index in [9.17, 15) is 14.4 Å². The SMILES string of the molecule is CSC1CC(=O)N(C(C)(C)CC(C)(C)C(C)=O)C1=O. The molecule has 108 valence electrons.